The molecule has 0 bridgehead atoms. The fraction of sp³-hybridized carbons (Fsp3) is 0.250. The van der Waals surface area contributed by atoms with Gasteiger partial charge < -0.3 is 5.11 Å². The second-order valence-electron chi connectivity index (χ2n) is 2.34. The first-order valence-corrected chi connectivity index (χ1v) is 4.95. The van der Waals surface area contributed by atoms with Crippen LogP contribution in [0.15, 0.2) is 18.2 Å². The van der Waals surface area contributed by atoms with E-state index < -0.39 is 6.10 Å². The SMILES string of the molecule is OC(CCl)c1cc(F)ccc1I. The van der Waals surface area contributed by atoms with Crippen molar-refractivity contribution in [1.29, 1.82) is 0 Å². The van der Waals surface area contributed by atoms with Gasteiger partial charge in [-0.1, -0.05) is 0 Å². The molecule has 0 radical (unpaired) electrons. The Hall–Kier alpha value is 0.130. The fourth-order valence-corrected chi connectivity index (χ4v) is 1.71. The third-order valence-corrected chi connectivity index (χ3v) is 2.74. The van der Waals surface area contributed by atoms with Crippen LogP contribution in [0.25, 0.3) is 0 Å². The van der Waals surface area contributed by atoms with Gasteiger partial charge in [-0.05, 0) is 46.4 Å². The van der Waals surface area contributed by atoms with E-state index in [1.807, 2.05) is 22.6 Å². The lowest BCUT2D eigenvalue weighted by Gasteiger charge is -2.08. The molecule has 0 aliphatic carbocycles. The second kappa shape index (κ2) is 4.39. The molecule has 66 valence electrons. The van der Waals surface area contributed by atoms with Gasteiger partial charge in [-0.25, -0.2) is 4.39 Å². The summed E-state index contributed by atoms with van der Waals surface area (Å²) in [5, 5.41) is 9.33. The molecular weight excluding hydrogens is 293 g/mol. The molecule has 1 aromatic carbocycles. The van der Waals surface area contributed by atoms with E-state index in [4.69, 9.17) is 11.6 Å². The monoisotopic (exact) mass is 300 g/mol. The maximum absolute atomic E-state index is 12.7. The highest BCUT2D eigenvalue weighted by Gasteiger charge is 2.10. The van der Waals surface area contributed by atoms with Crippen molar-refractivity contribution < 1.29 is 9.50 Å². The highest BCUT2D eigenvalue weighted by molar-refractivity contribution is 14.1. The van der Waals surface area contributed by atoms with Gasteiger partial charge in [0.15, 0.2) is 0 Å². The molecule has 4 heteroatoms. The summed E-state index contributed by atoms with van der Waals surface area (Å²) >= 11 is 7.47. The van der Waals surface area contributed by atoms with Crippen LogP contribution in [0.1, 0.15) is 11.7 Å². The van der Waals surface area contributed by atoms with E-state index >= 15 is 0 Å². The Morgan fingerprint density at radius 1 is 1.58 bits per heavy atom. The van der Waals surface area contributed by atoms with Gasteiger partial charge in [0.1, 0.15) is 5.82 Å². The molecule has 1 rings (SSSR count). The van der Waals surface area contributed by atoms with Gasteiger partial charge in [-0.3, -0.25) is 0 Å². The molecular formula is C8H7ClFIO. The molecule has 0 saturated carbocycles. The quantitative estimate of drug-likeness (QED) is 0.658. The number of alkyl halides is 1. The molecule has 1 N–H and O–H groups in total. The van der Waals surface area contributed by atoms with Crippen molar-refractivity contribution in [3.8, 4) is 0 Å². The summed E-state index contributed by atoms with van der Waals surface area (Å²) in [5.74, 6) is -0.269. The predicted molar refractivity (Wildman–Crippen MR) is 54.8 cm³/mol. The maximum Gasteiger partial charge on any atom is 0.123 e. The summed E-state index contributed by atoms with van der Waals surface area (Å²) in [5.41, 5.74) is 0.547. The first-order chi connectivity index (χ1) is 5.65. The smallest absolute Gasteiger partial charge is 0.123 e. The molecule has 0 saturated heterocycles. The molecule has 0 aliphatic heterocycles. The topological polar surface area (TPSA) is 20.2 Å². The minimum atomic E-state index is -0.783. The Bertz CT molecular complexity index is 280. The van der Waals surface area contributed by atoms with Crippen LogP contribution < -0.4 is 0 Å². The van der Waals surface area contributed by atoms with E-state index in [2.05, 4.69) is 0 Å². The third kappa shape index (κ3) is 2.31. The molecule has 1 unspecified atom stereocenters. The van der Waals surface area contributed by atoms with Crippen molar-refractivity contribution in [3.63, 3.8) is 0 Å². The van der Waals surface area contributed by atoms with E-state index in [-0.39, 0.29) is 11.7 Å². The van der Waals surface area contributed by atoms with Crippen LogP contribution in [0.5, 0.6) is 0 Å². The second-order valence-corrected chi connectivity index (χ2v) is 3.81. The number of aliphatic hydroxyl groups excluding tert-OH is 1. The molecule has 0 heterocycles. The lowest BCUT2D eigenvalue weighted by molar-refractivity contribution is 0.201. The summed E-state index contributed by atoms with van der Waals surface area (Å²) in [6, 6.07) is 4.27. The maximum atomic E-state index is 12.7. The molecule has 0 aromatic heterocycles. The summed E-state index contributed by atoms with van der Waals surface area (Å²) in [6.45, 7) is 0. The highest BCUT2D eigenvalue weighted by Crippen LogP contribution is 2.21. The average Bonchev–Trinajstić information content (AvgIpc) is 2.08. The van der Waals surface area contributed by atoms with E-state index in [9.17, 15) is 9.50 Å². The van der Waals surface area contributed by atoms with Crippen molar-refractivity contribution in [2.45, 2.75) is 6.10 Å². The molecule has 1 aromatic rings. The predicted octanol–water partition coefficient (Wildman–Crippen LogP) is 2.70. The van der Waals surface area contributed by atoms with Crippen molar-refractivity contribution in [1.82, 2.24) is 0 Å². The van der Waals surface area contributed by atoms with Crippen LogP contribution in [0, 0.1) is 9.39 Å². The van der Waals surface area contributed by atoms with E-state index in [1.165, 1.54) is 12.1 Å². The number of halogens is 3. The van der Waals surface area contributed by atoms with Gasteiger partial charge in [0.05, 0.1) is 12.0 Å². The Kier molecular flexibility index (Phi) is 3.74. The summed E-state index contributed by atoms with van der Waals surface area (Å²) < 4.78 is 13.5. The molecule has 1 nitrogen and oxygen atoms in total. The van der Waals surface area contributed by atoms with Crippen molar-refractivity contribution in [2.24, 2.45) is 0 Å². The molecule has 0 spiro atoms. The van der Waals surface area contributed by atoms with Gasteiger partial charge in [0.25, 0.3) is 0 Å². The van der Waals surface area contributed by atoms with Crippen LogP contribution in [-0.4, -0.2) is 11.0 Å². The number of hydrogen-bond donors (Lipinski definition) is 1. The Morgan fingerprint density at radius 2 is 2.25 bits per heavy atom. The van der Waals surface area contributed by atoms with Crippen LogP contribution in [0.2, 0.25) is 0 Å². The number of aliphatic hydroxyl groups is 1. The normalized spacial score (nSPS) is 13.0. The van der Waals surface area contributed by atoms with Crippen molar-refractivity contribution in [2.75, 3.05) is 5.88 Å². The minimum absolute atomic E-state index is 0.0828. The molecule has 0 aliphatic rings. The van der Waals surface area contributed by atoms with E-state index in [0.29, 0.717) is 5.56 Å². The molecule has 0 amide bonds. The summed E-state index contributed by atoms with van der Waals surface area (Å²) in [7, 11) is 0. The van der Waals surface area contributed by atoms with Crippen molar-refractivity contribution in [3.05, 3.63) is 33.1 Å². The van der Waals surface area contributed by atoms with E-state index in [0.717, 1.165) is 3.57 Å². The fourth-order valence-electron chi connectivity index (χ4n) is 0.853. The van der Waals surface area contributed by atoms with Crippen LogP contribution in [-0.2, 0) is 0 Å². The lowest BCUT2D eigenvalue weighted by atomic mass is 10.1. The first kappa shape index (κ1) is 10.2. The number of rotatable bonds is 2. The third-order valence-electron chi connectivity index (χ3n) is 1.46. The van der Waals surface area contributed by atoms with Crippen molar-refractivity contribution >= 4 is 34.2 Å². The molecule has 12 heavy (non-hydrogen) atoms. The van der Waals surface area contributed by atoms with Gasteiger partial charge in [-0.15, -0.1) is 11.6 Å². The van der Waals surface area contributed by atoms with Gasteiger partial charge in [0, 0.05) is 3.57 Å². The summed E-state index contributed by atoms with van der Waals surface area (Å²) in [6.07, 6.45) is -0.783. The Morgan fingerprint density at radius 3 is 2.83 bits per heavy atom. The molecule has 1 atom stereocenters. The standard InChI is InChI=1S/C8H7ClFIO/c9-4-8(12)6-3-5(10)1-2-7(6)11/h1-3,8,12H,4H2. The zero-order valence-corrected chi connectivity index (χ0v) is 9.01. The van der Waals surface area contributed by atoms with E-state index in [1.54, 1.807) is 6.07 Å². The number of benzene rings is 1. The lowest BCUT2D eigenvalue weighted by Crippen LogP contribution is -2.01. The number of hydrogen-bond acceptors (Lipinski definition) is 1. The first-order valence-electron chi connectivity index (χ1n) is 3.34. The largest absolute Gasteiger partial charge is 0.387 e. The zero-order valence-electron chi connectivity index (χ0n) is 6.10. The minimum Gasteiger partial charge on any atom is -0.387 e. The van der Waals surface area contributed by atoms with Crippen LogP contribution in [0.4, 0.5) is 4.39 Å². The van der Waals surface area contributed by atoms with Gasteiger partial charge in [0.2, 0.25) is 0 Å². The Balaban J connectivity index is 3.04. The van der Waals surface area contributed by atoms with Crippen LogP contribution >= 0.6 is 34.2 Å². The Labute approximate surface area is 88.7 Å². The van der Waals surface area contributed by atoms with Gasteiger partial charge in [-0.2, -0.15) is 0 Å². The molecule has 0 fully saturated rings. The van der Waals surface area contributed by atoms with Gasteiger partial charge >= 0.3 is 0 Å². The zero-order chi connectivity index (χ0) is 9.14. The average molecular weight is 300 g/mol. The highest BCUT2D eigenvalue weighted by atomic mass is 127. The van der Waals surface area contributed by atoms with Crippen LogP contribution in [0.3, 0.4) is 0 Å². The summed E-state index contributed by atoms with van der Waals surface area (Å²) in [4.78, 5) is 0.